The van der Waals surface area contributed by atoms with Crippen molar-refractivity contribution in [2.24, 2.45) is 4.99 Å². The minimum atomic E-state index is -3.48. The first-order valence-electron chi connectivity index (χ1n) is 8.34. The van der Waals surface area contributed by atoms with E-state index in [2.05, 4.69) is 4.99 Å². The van der Waals surface area contributed by atoms with Gasteiger partial charge in [-0.25, -0.2) is 4.99 Å². The third kappa shape index (κ3) is 5.79. The molecule has 0 unspecified atom stereocenters. The molecular formula is C20H24NO3P. The van der Waals surface area contributed by atoms with Crippen molar-refractivity contribution in [2.75, 3.05) is 13.2 Å². The Bertz CT molecular complexity index is 757. The van der Waals surface area contributed by atoms with Gasteiger partial charge in [-0.2, -0.15) is 0 Å². The molecule has 0 aliphatic rings. The van der Waals surface area contributed by atoms with Crippen LogP contribution in [0, 0.1) is 6.92 Å². The van der Waals surface area contributed by atoms with Crippen molar-refractivity contribution in [1.29, 1.82) is 0 Å². The standard InChI is InChI=1S/C20H24NO3P/c1-4-23-25(22,24-5-2)20(15-18-13-11-17(3)12-14-18)21-16-19-9-7-6-8-10-19/h6-16H,4-5H2,1-3H3/b20-15-,21-16+. The van der Waals surface area contributed by atoms with Crippen molar-refractivity contribution >= 4 is 19.9 Å². The van der Waals surface area contributed by atoms with Crippen LogP contribution < -0.4 is 0 Å². The number of nitrogens with zero attached hydrogens (tertiary/aromatic N) is 1. The van der Waals surface area contributed by atoms with Crippen LogP contribution in [-0.4, -0.2) is 19.4 Å². The van der Waals surface area contributed by atoms with Gasteiger partial charge in [0.05, 0.1) is 13.2 Å². The van der Waals surface area contributed by atoms with E-state index >= 15 is 0 Å². The van der Waals surface area contributed by atoms with Crippen LogP contribution in [-0.2, 0) is 13.6 Å². The highest BCUT2D eigenvalue weighted by molar-refractivity contribution is 7.58. The summed E-state index contributed by atoms with van der Waals surface area (Å²) in [6.45, 7) is 6.16. The molecule has 0 bridgehead atoms. The number of hydrogen-bond donors (Lipinski definition) is 0. The Balaban J connectivity index is 2.44. The fourth-order valence-corrected chi connectivity index (χ4v) is 3.71. The van der Waals surface area contributed by atoms with Crippen LogP contribution in [0.5, 0.6) is 0 Å². The van der Waals surface area contributed by atoms with Gasteiger partial charge in [0.1, 0.15) is 0 Å². The van der Waals surface area contributed by atoms with Crippen molar-refractivity contribution in [3.63, 3.8) is 0 Å². The van der Waals surface area contributed by atoms with Gasteiger partial charge in [-0.15, -0.1) is 0 Å². The maximum absolute atomic E-state index is 13.2. The van der Waals surface area contributed by atoms with Crippen molar-refractivity contribution in [3.8, 4) is 0 Å². The molecule has 0 spiro atoms. The lowest BCUT2D eigenvalue weighted by Crippen LogP contribution is -1.98. The van der Waals surface area contributed by atoms with Crippen LogP contribution in [0.3, 0.4) is 0 Å². The second-order valence-corrected chi connectivity index (χ2v) is 7.38. The Morgan fingerprint density at radius 3 is 2.12 bits per heavy atom. The molecule has 0 radical (unpaired) electrons. The second kappa shape index (κ2) is 9.47. The van der Waals surface area contributed by atoms with Gasteiger partial charge in [0.15, 0.2) is 5.44 Å². The summed E-state index contributed by atoms with van der Waals surface area (Å²) in [6, 6.07) is 17.5. The number of rotatable bonds is 8. The molecule has 0 aromatic heterocycles. The number of benzene rings is 2. The van der Waals surface area contributed by atoms with Crippen molar-refractivity contribution in [1.82, 2.24) is 0 Å². The molecule has 0 heterocycles. The molecule has 132 valence electrons. The highest BCUT2D eigenvalue weighted by Gasteiger charge is 2.29. The molecule has 25 heavy (non-hydrogen) atoms. The molecule has 0 fully saturated rings. The van der Waals surface area contributed by atoms with Gasteiger partial charge in [0, 0.05) is 6.21 Å². The molecule has 0 atom stereocenters. The number of hydrogen-bond acceptors (Lipinski definition) is 4. The Hall–Kier alpha value is -2.00. The van der Waals surface area contributed by atoms with Crippen LogP contribution in [0.15, 0.2) is 65.0 Å². The smallest absolute Gasteiger partial charge is 0.304 e. The summed E-state index contributed by atoms with van der Waals surface area (Å²) in [5.74, 6) is 0. The van der Waals surface area contributed by atoms with Gasteiger partial charge < -0.3 is 9.05 Å². The Morgan fingerprint density at radius 2 is 1.56 bits per heavy atom. The lowest BCUT2D eigenvalue weighted by Gasteiger charge is -2.17. The monoisotopic (exact) mass is 357 g/mol. The molecule has 2 aromatic carbocycles. The predicted octanol–water partition coefficient (Wildman–Crippen LogP) is 5.68. The Morgan fingerprint density at radius 1 is 0.960 bits per heavy atom. The van der Waals surface area contributed by atoms with E-state index in [0.717, 1.165) is 16.7 Å². The molecule has 0 saturated heterocycles. The van der Waals surface area contributed by atoms with Crippen LogP contribution in [0.2, 0.25) is 0 Å². The number of aliphatic imine (C=N–C) groups is 1. The Labute approximate surface area is 149 Å². The fourth-order valence-electron chi connectivity index (χ4n) is 2.19. The second-order valence-electron chi connectivity index (χ2n) is 5.42. The molecule has 0 amide bonds. The summed E-state index contributed by atoms with van der Waals surface area (Å²) in [4.78, 5) is 4.44. The normalized spacial score (nSPS) is 12.7. The van der Waals surface area contributed by atoms with Crippen molar-refractivity contribution in [3.05, 3.63) is 76.7 Å². The van der Waals surface area contributed by atoms with E-state index in [1.807, 2.05) is 61.5 Å². The average molecular weight is 357 g/mol. The van der Waals surface area contributed by atoms with Crippen molar-refractivity contribution in [2.45, 2.75) is 20.8 Å². The van der Waals surface area contributed by atoms with E-state index in [-0.39, 0.29) is 13.2 Å². The lowest BCUT2D eigenvalue weighted by molar-refractivity contribution is 0.226. The molecule has 2 aromatic rings. The predicted molar refractivity (Wildman–Crippen MR) is 104 cm³/mol. The highest BCUT2D eigenvalue weighted by Crippen LogP contribution is 2.57. The molecule has 0 aliphatic heterocycles. The fraction of sp³-hybridized carbons (Fsp3) is 0.250. The SMILES string of the molecule is CCOP(=O)(OCC)C(=C\c1ccc(C)cc1)/N=C/c1ccccc1. The molecule has 4 nitrogen and oxygen atoms in total. The summed E-state index contributed by atoms with van der Waals surface area (Å²) in [5, 5.41) is 0. The van der Waals surface area contributed by atoms with Crippen LogP contribution in [0.1, 0.15) is 30.5 Å². The zero-order valence-electron chi connectivity index (χ0n) is 14.9. The van der Waals surface area contributed by atoms with Gasteiger partial charge in [-0.05, 0) is 38.0 Å². The van der Waals surface area contributed by atoms with Crippen molar-refractivity contribution < 1.29 is 13.6 Å². The van der Waals surface area contributed by atoms with Gasteiger partial charge >= 0.3 is 7.60 Å². The molecule has 5 heteroatoms. The lowest BCUT2D eigenvalue weighted by atomic mass is 10.1. The van der Waals surface area contributed by atoms with E-state index in [4.69, 9.17) is 9.05 Å². The zero-order chi connectivity index (χ0) is 18.1. The summed E-state index contributed by atoms with van der Waals surface area (Å²) >= 11 is 0. The molecular weight excluding hydrogens is 333 g/mol. The minimum Gasteiger partial charge on any atom is -0.304 e. The van der Waals surface area contributed by atoms with Crippen LogP contribution in [0.25, 0.3) is 6.08 Å². The first-order valence-corrected chi connectivity index (χ1v) is 9.89. The van der Waals surface area contributed by atoms with E-state index < -0.39 is 7.60 Å². The Kier molecular flexibility index (Phi) is 7.32. The third-order valence-corrected chi connectivity index (χ3v) is 5.40. The molecule has 2 rings (SSSR count). The van der Waals surface area contributed by atoms with Crippen LogP contribution in [0.4, 0.5) is 0 Å². The summed E-state index contributed by atoms with van der Waals surface area (Å²) in [7, 11) is -3.48. The van der Waals surface area contributed by atoms with Gasteiger partial charge in [-0.3, -0.25) is 4.57 Å². The van der Waals surface area contributed by atoms with E-state index in [9.17, 15) is 4.57 Å². The minimum absolute atomic E-state index is 0.281. The van der Waals surface area contributed by atoms with Gasteiger partial charge in [0.25, 0.3) is 0 Å². The van der Waals surface area contributed by atoms with E-state index in [1.165, 1.54) is 0 Å². The van der Waals surface area contributed by atoms with Gasteiger partial charge in [-0.1, -0.05) is 60.2 Å². The van der Waals surface area contributed by atoms with E-state index in [0.29, 0.717) is 5.44 Å². The first-order chi connectivity index (χ1) is 12.1. The van der Waals surface area contributed by atoms with Gasteiger partial charge in [0.2, 0.25) is 0 Å². The quantitative estimate of drug-likeness (QED) is 0.451. The summed E-state index contributed by atoms with van der Waals surface area (Å²) in [5.41, 5.74) is 3.26. The molecule has 0 N–H and O–H groups in total. The summed E-state index contributed by atoms with van der Waals surface area (Å²) in [6.07, 6.45) is 3.43. The molecule has 0 saturated carbocycles. The highest BCUT2D eigenvalue weighted by atomic mass is 31.2. The maximum Gasteiger partial charge on any atom is 0.379 e. The zero-order valence-corrected chi connectivity index (χ0v) is 15.8. The number of aryl methyl sites for hydroxylation is 1. The average Bonchev–Trinajstić information content (AvgIpc) is 2.61. The van der Waals surface area contributed by atoms with E-state index in [1.54, 1.807) is 26.1 Å². The summed E-state index contributed by atoms with van der Waals surface area (Å²) < 4.78 is 24.1. The first kappa shape index (κ1) is 19.3. The largest absolute Gasteiger partial charge is 0.379 e. The van der Waals surface area contributed by atoms with Crippen LogP contribution >= 0.6 is 7.60 Å². The topological polar surface area (TPSA) is 47.9 Å². The molecule has 0 aliphatic carbocycles. The maximum atomic E-state index is 13.2. The third-order valence-electron chi connectivity index (χ3n) is 3.40.